The highest BCUT2D eigenvalue weighted by Gasteiger charge is 2.12. The fourth-order valence-electron chi connectivity index (χ4n) is 1.47. The van der Waals surface area contributed by atoms with E-state index in [1.807, 2.05) is 18.2 Å². The second-order valence-corrected chi connectivity index (χ2v) is 4.46. The molecule has 0 amide bonds. The van der Waals surface area contributed by atoms with E-state index in [-0.39, 0.29) is 12.0 Å². The first kappa shape index (κ1) is 14.0. The first-order valence-corrected chi connectivity index (χ1v) is 6.03. The molecule has 2 N–H and O–H groups in total. The monoisotopic (exact) mass is 301 g/mol. The molecule has 1 aromatic rings. The van der Waals surface area contributed by atoms with Gasteiger partial charge in [-0.2, -0.15) is 0 Å². The number of halogens is 1. The first-order chi connectivity index (χ1) is 8.08. The molecule has 0 aliphatic heterocycles. The smallest absolute Gasteiger partial charge is 0.305 e. The van der Waals surface area contributed by atoms with Crippen LogP contribution >= 0.6 is 15.9 Å². The summed E-state index contributed by atoms with van der Waals surface area (Å²) in [5, 5.41) is 0. The van der Waals surface area contributed by atoms with Crippen molar-refractivity contribution in [3.05, 3.63) is 28.2 Å². The Kier molecular flexibility index (Phi) is 5.44. The van der Waals surface area contributed by atoms with Gasteiger partial charge < -0.3 is 15.2 Å². The maximum atomic E-state index is 11.0. The van der Waals surface area contributed by atoms with Crippen molar-refractivity contribution in [3.8, 4) is 5.75 Å². The molecule has 0 radical (unpaired) electrons. The Balaban J connectivity index is 2.68. The summed E-state index contributed by atoms with van der Waals surface area (Å²) in [5.74, 6) is 0.519. The average molecular weight is 302 g/mol. The molecule has 1 unspecified atom stereocenters. The number of rotatable bonds is 5. The highest BCUT2D eigenvalue weighted by Crippen LogP contribution is 2.28. The SMILES string of the molecule is COC(=O)CCC(N)c1ccc(OC)cc1Br. The van der Waals surface area contributed by atoms with Crippen molar-refractivity contribution in [1.29, 1.82) is 0 Å². The Hall–Kier alpha value is -1.07. The van der Waals surface area contributed by atoms with Crippen LogP contribution in [-0.2, 0) is 9.53 Å². The van der Waals surface area contributed by atoms with Gasteiger partial charge in [0.15, 0.2) is 0 Å². The molecular weight excluding hydrogens is 286 g/mol. The second-order valence-electron chi connectivity index (χ2n) is 3.61. The zero-order valence-electron chi connectivity index (χ0n) is 9.90. The Bertz CT molecular complexity index is 395. The topological polar surface area (TPSA) is 61.5 Å². The molecule has 0 heterocycles. The van der Waals surface area contributed by atoms with Gasteiger partial charge in [-0.3, -0.25) is 4.79 Å². The van der Waals surface area contributed by atoms with E-state index in [1.54, 1.807) is 7.11 Å². The Morgan fingerprint density at radius 2 is 2.18 bits per heavy atom. The lowest BCUT2D eigenvalue weighted by atomic mass is 10.0. The number of benzene rings is 1. The maximum absolute atomic E-state index is 11.0. The quantitative estimate of drug-likeness (QED) is 0.849. The summed E-state index contributed by atoms with van der Waals surface area (Å²) in [6.07, 6.45) is 0.869. The van der Waals surface area contributed by atoms with Gasteiger partial charge in [0, 0.05) is 16.9 Å². The third-order valence-electron chi connectivity index (χ3n) is 2.49. The summed E-state index contributed by atoms with van der Waals surface area (Å²) in [5.41, 5.74) is 6.97. The van der Waals surface area contributed by atoms with Gasteiger partial charge in [-0.25, -0.2) is 0 Å². The van der Waals surface area contributed by atoms with E-state index in [0.29, 0.717) is 12.8 Å². The van der Waals surface area contributed by atoms with Crippen LogP contribution in [0.1, 0.15) is 24.4 Å². The minimum absolute atomic E-state index is 0.200. The van der Waals surface area contributed by atoms with Crippen LogP contribution in [0.15, 0.2) is 22.7 Å². The lowest BCUT2D eigenvalue weighted by Crippen LogP contribution is -2.13. The van der Waals surface area contributed by atoms with Gasteiger partial charge in [0.25, 0.3) is 0 Å². The molecule has 5 heteroatoms. The van der Waals surface area contributed by atoms with E-state index in [2.05, 4.69) is 20.7 Å². The highest BCUT2D eigenvalue weighted by atomic mass is 79.9. The lowest BCUT2D eigenvalue weighted by Gasteiger charge is -2.14. The number of carbonyl (C=O) groups is 1. The third kappa shape index (κ3) is 4.02. The molecule has 0 saturated carbocycles. The van der Waals surface area contributed by atoms with Crippen molar-refractivity contribution >= 4 is 21.9 Å². The minimum atomic E-state index is -0.245. The van der Waals surface area contributed by atoms with Crippen LogP contribution < -0.4 is 10.5 Å². The van der Waals surface area contributed by atoms with Crippen molar-refractivity contribution in [1.82, 2.24) is 0 Å². The molecule has 0 aromatic heterocycles. The van der Waals surface area contributed by atoms with E-state index in [9.17, 15) is 4.79 Å². The van der Waals surface area contributed by atoms with Crippen LogP contribution in [0.4, 0.5) is 0 Å². The molecule has 94 valence electrons. The number of esters is 1. The number of ether oxygens (including phenoxy) is 2. The van der Waals surface area contributed by atoms with Crippen LogP contribution in [-0.4, -0.2) is 20.2 Å². The average Bonchev–Trinajstić information content (AvgIpc) is 2.35. The predicted octanol–water partition coefficient (Wildman–Crippen LogP) is 2.41. The molecular formula is C12H16BrNO3. The molecule has 17 heavy (non-hydrogen) atoms. The Morgan fingerprint density at radius 3 is 2.71 bits per heavy atom. The fourth-order valence-corrected chi connectivity index (χ4v) is 2.12. The number of hydrogen-bond donors (Lipinski definition) is 1. The predicted molar refractivity (Wildman–Crippen MR) is 68.9 cm³/mol. The minimum Gasteiger partial charge on any atom is -0.497 e. The van der Waals surface area contributed by atoms with Gasteiger partial charge in [0.2, 0.25) is 0 Å². The molecule has 4 nitrogen and oxygen atoms in total. The van der Waals surface area contributed by atoms with Crippen LogP contribution in [0, 0.1) is 0 Å². The molecule has 1 aromatic carbocycles. The van der Waals surface area contributed by atoms with Gasteiger partial charge in [-0.15, -0.1) is 0 Å². The van der Waals surface area contributed by atoms with Crippen LogP contribution in [0.5, 0.6) is 5.75 Å². The van der Waals surface area contributed by atoms with Crippen LogP contribution in [0.2, 0.25) is 0 Å². The largest absolute Gasteiger partial charge is 0.497 e. The van der Waals surface area contributed by atoms with Crippen molar-refractivity contribution in [2.75, 3.05) is 14.2 Å². The summed E-state index contributed by atoms with van der Waals surface area (Å²) in [6.45, 7) is 0. The summed E-state index contributed by atoms with van der Waals surface area (Å²) in [6, 6.07) is 5.39. The van der Waals surface area contributed by atoms with Gasteiger partial charge in [-0.1, -0.05) is 22.0 Å². The number of carbonyl (C=O) groups excluding carboxylic acids is 1. The third-order valence-corrected chi connectivity index (χ3v) is 3.18. The van der Waals surface area contributed by atoms with Crippen molar-refractivity contribution in [2.45, 2.75) is 18.9 Å². The summed E-state index contributed by atoms with van der Waals surface area (Å²) >= 11 is 3.44. The summed E-state index contributed by atoms with van der Waals surface area (Å²) < 4.78 is 10.6. The molecule has 0 aliphatic rings. The van der Waals surface area contributed by atoms with Crippen molar-refractivity contribution < 1.29 is 14.3 Å². The van der Waals surface area contributed by atoms with Crippen LogP contribution in [0.3, 0.4) is 0 Å². The molecule has 0 bridgehead atoms. The molecule has 1 rings (SSSR count). The van der Waals surface area contributed by atoms with Gasteiger partial charge in [-0.05, 0) is 24.1 Å². The number of hydrogen-bond acceptors (Lipinski definition) is 4. The first-order valence-electron chi connectivity index (χ1n) is 5.24. The van der Waals surface area contributed by atoms with Gasteiger partial charge in [0.05, 0.1) is 14.2 Å². The van der Waals surface area contributed by atoms with E-state index >= 15 is 0 Å². The van der Waals surface area contributed by atoms with Gasteiger partial charge in [0.1, 0.15) is 5.75 Å². The maximum Gasteiger partial charge on any atom is 0.305 e. The molecule has 0 aliphatic carbocycles. The van der Waals surface area contributed by atoms with E-state index in [0.717, 1.165) is 15.8 Å². The fraction of sp³-hybridized carbons (Fsp3) is 0.417. The molecule has 0 fully saturated rings. The van der Waals surface area contributed by atoms with E-state index in [4.69, 9.17) is 10.5 Å². The molecule has 1 atom stereocenters. The second kappa shape index (κ2) is 6.61. The summed E-state index contributed by atoms with van der Waals surface area (Å²) in [4.78, 5) is 11.0. The summed E-state index contributed by atoms with van der Waals surface area (Å²) in [7, 11) is 2.98. The Labute approximate surface area is 109 Å². The lowest BCUT2D eigenvalue weighted by molar-refractivity contribution is -0.140. The van der Waals surface area contributed by atoms with Crippen molar-refractivity contribution in [2.24, 2.45) is 5.73 Å². The molecule has 0 spiro atoms. The standard InChI is InChI=1S/C12H16BrNO3/c1-16-8-3-4-9(10(13)7-8)11(14)5-6-12(15)17-2/h3-4,7,11H,5-6,14H2,1-2H3. The number of nitrogens with two attached hydrogens (primary N) is 1. The number of methoxy groups -OCH3 is 2. The van der Waals surface area contributed by atoms with Crippen LogP contribution in [0.25, 0.3) is 0 Å². The zero-order chi connectivity index (χ0) is 12.8. The van der Waals surface area contributed by atoms with Gasteiger partial charge >= 0.3 is 5.97 Å². The highest BCUT2D eigenvalue weighted by molar-refractivity contribution is 9.10. The Morgan fingerprint density at radius 1 is 1.47 bits per heavy atom. The normalized spacial score (nSPS) is 12.0. The van der Waals surface area contributed by atoms with E-state index < -0.39 is 0 Å². The van der Waals surface area contributed by atoms with Crippen molar-refractivity contribution in [3.63, 3.8) is 0 Å². The zero-order valence-corrected chi connectivity index (χ0v) is 11.5. The molecule has 0 saturated heterocycles. The van der Waals surface area contributed by atoms with E-state index in [1.165, 1.54) is 7.11 Å².